The average molecular weight is 345 g/mol. The number of carbonyl (C=O) groups excluding carboxylic acids is 2. The van der Waals surface area contributed by atoms with E-state index in [0.29, 0.717) is 22.1 Å². The molecule has 0 unspecified atom stereocenters. The summed E-state index contributed by atoms with van der Waals surface area (Å²) < 4.78 is 5.66. The van der Waals surface area contributed by atoms with E-state index in [9.17, 15) is 9.59 Å². The highest BCUT2D eigenvalue weighted by atomic mass is 35.5. The maximum atomic E-state index is 12.2. The average Bonchev–Trinajstić information content (AvgIpc) is 2.53. The Morgan fingerprint density at radius 3 is 2.88 bits per heavy atom. The summed E-state index contributed by atoms with van der Waals surface area (Å²) in [6, 6.07) is 10.8. The molecule has 0 saturated carbocycles. The Bertz CT molecular complexity index is 820. The van der Waals surface area contributed by atoms with Gasteiger partial charge in [-0.2, -0.15) is 0 Å². The number of amides is 2. The molecule has 0 aromatic heterocycles. The van der Waals surface area contributed by atoms with Crippen LogP contribution in [0.25, 0.3) is 0 Å². The van der Waals surface area contributed by atoms with Crippen LogP contribution in [0.4, 0.5) is 11.4 Å². The lowest BCUT2D eigenvalue weighted by atomic mass is 10.1. The molecule has 1 aliphatic heterocycles. The summed E-state index contributed by atoms with van der Waals surface area (Å²) in [7, 11) is 0. The Kier molecular flexibility index (Phi) is 4.44. The molecule has 0 bridgehead atoms. The largest absolute Gasteiger partial charge is 0.478 e. The van der Waals surface area contributed by atoms with Crippen molar-refractivity contribution in [2.24, 2.45) is 0 Å². The molecule has 24 heavy (non-hydrogen) atoms. The van der Waals surface area contributed by atoms with Gasteiger partial charge in [-0.25, -0.2) is 0 Å². The first kappa shape index (κ1) is 16.3. The SMILES string of the molecule is Cc1ccc2c(c1)NC(=O)[C@H](CC(=O)Nc1cccc(Cl)c1C)O2. The number of hydrogen-bond acceptors (Lipinski definition) is 3. The highest BCUT2D eigenvalue weighted by molar-refractivity contribution is 6.31. The van der Waals surface area contributed by atoms with Gasteiger partial charge in [-0.05, 0) is 49.2 Å². The number of fused-ring (bicyclic) bond motifs is 1. The van der Waals surface area contributed by atoms with Gasteiger partial charge in [0.25, 0.3) is 5.91 Å². The van der Waals surface area contributed by atoms with Crippen LogP contribution < -0.4 is 15.4 Å². The number of ether oxygens (including phenoxy) is 1. The summed E-state index contributed by atoms with van der Waals surface area (Å²) in [6.07, 6.45) is -0.940. The first-order chi connectivity index (χ1) is 11.4. The zero-order valence-corrected chi connectivity index (χ0v) is 14.1. The van der Waals surface area contributed by atoms with E-state index in [1.807, 2.05) is 26.0 Å². The van der Waals surface area contributed by atoms with Gasteiger partial charge >= 0.3 is 0 Å². The molecule has 1 aliphatic rings. The van der Waals surface area contributed by atoms with Crippen LogP contribution in [-0.4, -0.2) is 17.9 Å². The van der Waals surface area contributed by atoms with Gasteiger partial charge in [-0.15, -0.1) is 0 Å². The molecule has 2 aromatic carbocycles. The van der Waals surface area contributed by atoms with Crippen molar-refractivity contribution in [1.29, 1.82) is 0 Å². The van der Waals surface area contributed by atoms with Crippen molar-refractivity contribution in [3.8, 4) is 5.75 Å². The first-order valence-electron chi connectivity index (χ1n) is 7.57. The monoisotopic (exact) mass is 344 g/mol. The van der Waals surface area contributed by atoms with Crippen molar-refractivity contribution >= 4 is 34.8 Å². The fourth-order valence-electron chi connectivity index (χ4n) is 2.51. The van der Waals surface area contributed by atoms with Gasteiger partial charge in [0.1, 0.15) is 5.75 Å². The van der Waals surface area contributed by atoms with E-state index in [1.54, 1.807) is 24.3 Å². The predicted molar refractivity (Wildman–Crippen MR) is 93.7 cm³/mol. The molecule has 5 nitrogen and oxygen atoms in total. The molecule has 0 fully saturated rings. The lowest BCUT2D eigenvalue weighted by Crippen LogP contribution is -2.39. The molecular weight excluding hydrogens is 328 g/mol. The minimum absolute atomic E-state index is 0.0783. The number of aryl methyl sites for hydroxylation is 1. The van der Waals surface area contributed by atoms with Crippen LogP contribution in [0.1, 0.15) is 17.5 Å². The van der Waals surface area contributed by atoms with Crippen LogP contribution in [-0.2, 0) is 9.59 Å². The maximum Gasteiger partial charge on any atom is 0.266 e. The molecule has 0 radical (unpaired) electrons. The molecule has 2 amide bonds. The minimum atomic E-state index is -0.861. The number of hydrogen-bond donors (Lipinski definition) is 2. The molecule has 0 spiro atoms. The number of carbonyl (C=O) groups is 2. The molecule has 0 saturated heterocycles. The van der Waals surface area contributed by atoms with E-state index in [-0.39, 0.29) is 18.2 Å². The van der Waals surface area contributed by atoms with Gasteiger partial charge < -0.3 is 15.4 Å². The molecule has 2 N–H and O–H groups in total. The Labute approximate surface area is 145 Å². The third-order valence-corrected chi connectivity index (χ3v) is 4.28. The predicted octanol–water partition coefficient (Wildman–Crippen LogP) is 3.69. The van der Waals surface area contributed by atoms with Gasteiger partial charge in [0.2, 0.25) is 5.91 Å². The van der Waals surface area contributed by atoms with E-state index >= 15 is 0 Å². The Morgan fingerprint density at radius 1 is 1.29 bits per heavy atom. The van der Waals surface area contributed by atoms with Crippen molar-refractivity contribution in [3.05, 3.63) is 52.5 Å². The highest BCUT2D eigenvalue weighted by Gasteiger charge is 2.29. The van der Waals surface area contributed by atoms with Crippen molar-refractivity contribution in [2.75, 3.05) is 10.6 Å². The highest BCUT2D eigenvalue weighted by Crippen LogP contribution is 2.31. The molecule has 6 heteroatoms. The lowest BCUT2D eigenvalue weighted by Gasteiger charge is -2.25. The van der Waals surface area contributed by atoms with Crippen molar-refractivity contribution < 1.29 is 14.3 Å². The molecule has 124 valence electrons. The third-order valence-electron chi connectivity index (χ3n) is 3.87. The number of benzene rings is 2. The van der Waals surface area contributed by atoms with E-state index in [1.165, 1.54) is 0 Å². The fraction of sp³-hybridized carbons (Fsp3) is 0.222. The number of halogens is 1. The van der Waals surface area contributed by atoms with Crippen LogP contribution in [0.5, 0.6) is 5.75 Å². The summed E-state index contributed by atoms with van der Waals surface area (Å²) in [5.41, 5.74) is 3.05. The smallest absolute Gasteiger partial charge is 0.266 e. The Hall–Kier alpha value is -2.53. The van der Waals surface area contributed by atoms with Crippen LogP contribution in [0.15, 0.2) is 36.4 Å². The van der Waals surface area contributed by atoms with E-state index in [4.69, 9.17) is 16.3 Å². The number of rotatable bonds is 3. The van der Waals surface area contributed by atoms with Crippen LogP contribution in [0.2, 0.25) is 5.02 Å². The van der Waals surface area contributed by atoms with Crippen LogP contribution >= 0.6 is 11.6 Å². The van der Waals surface area contributed by atoms with Gasteiger partial charge in [-0.1, -0.05) is 23.7 Å². The maximum absolute atomic E-state index is 12.2. The van der Waals surface area contributed by atoms with Gasteiger partial charge in [0.15, 0.2) is 6.10 Å². The zero-order chi connectivity index (χ0) is 17.3. The lowest BCUT2D eigenvalue weighted by molar-refractivity contribution is -0.128. The normalized spacial score (nSPS) is 16.0. The molecule has 1 atom stereocenters. The second-order valence-electron chi connectivity index (χ2n) is 5.76. The molecular formula is C18H17ClN2O3. The standard InChI is InChI=1S/C18H17ClN2O3/c1-10-6-7-15-14(8-10)21-18(23)16(24-15)9-17(22)20-13-5-3-4-12(19)11(13)2/h3-8,16H,9H2,1-2H3,(H,20,22)(H,21,23)/t16-/m0/s1. The quantitative estimate of drug-likeness (QED) is 0.892. The van der Waals surface area contributed by atoms with Crippen molar-refractivity contribution in [2.45, 2.75) is 26.4 Å². The fourth-order valence-corrected chi connectivity index (χ4v) is 2.69. The van der Waals surface area contributed by atoms with Gasteiger partial charge in [0.05, 0.1) is 12.1 Å². The van der Waals surface area contributed by atoms with E-state index < -0.39 is 6.10 Å². The topological polar surface area (TPSA) is 67.4 Å². The van der Waals surface area contributed by atoms with Crippen molar-refractivity contribution in [3.63, 3.8) is 0 Å². The van der Waals surface area contributed by atoms with Crippen LogP contribution in [0, 0.1) is 13.8 Å². The van der Waals surface area contributed by atoms with Gasteiger partial charge in [-0.3, -0.25) is 9.59 Å². The minimum Gasteiger partial charge on any atom is -0.478 e. The Balaban J connectivity index is 1.69. The Morgan fingerprint density at radius 2 is 2.08 bits per heavy atom. The second kappa shape index (κ2) is 6.53. The number of nitrogens with one attached hydrogen (secondary N) is 2. The summed E-state index contributed by atoms with van der Waals surface area (Å²) in [5, 5.41) is 6.12. The molecule has 0 aliphatic carbocycles. The van der Waals surface area contributed by atoms with Crippen LogP contribution in [0.3, 0.4) is 0 Å². The zero-order valence-electron chi connectivity index (χ0n) is 13.4. The van der Waals surface area contributed by atoms with E-state index in [2.05, 4.69) is 10.6 Å². The summed E-state index contributed by atoms with van der Waals surface area (Å²) >= 11 is 6.04. The van der Waals surface area contributed by atoms with E-state index in [0.717, 1.165) is 11.1 Å². The summed E-state index contributed by atoms with van der Waals surface area (Å²) in [4.78, 5) is 24.4. The van der Waals surface area contributed by atoms with Crippen molar-refractivity contribution in [1.82, 2.24) is 0 Å². The molecule has 2 aromatic rings. The third kappa shape index (κ3) is 3.36. The second-order valence-corrected chi connectivity index (χ2v) is 6.17. The van der Waals surface area contributed by atoms with Gasteiger partial charge in [0, 0.05) is 10.7 Å². The summed E-state index contributed by atoms with van der Waals surface area (Å²) in [5.74, 6) is -0.0703. The first-order valence-corrected chi connectivity index (χ1v) is 7.95. The molecule has 3 rings (SSSR count). The molecule has 1 heterocycles. The summed E-state index contributed by atoms with van der Waals surface area (Å²) in [6.45, 7) is 3.75. The number of anilines is 2.